The molecule has 0 fully saturated rings. The summed E-state index contributed by atoms with van der Waals surface area (Å²) in [6.07, 6.45) is 1.24. The Bertz CT molecular complexity index is 519. The quantitative estimate of drug-likeness (QED) is 0.274. The third-order valence-corrected chi connectivity index (χ3v) is 1.72. The van der Waals surface area contributed by atoms with Crippen LogP contribution in [0.5, 0.6) is 0 Å². The Morgan fingerprint density at radius 1 is 1.50 bits per heavy atom. The lowest BCUT2D eigenvalue weighted by molar-refractivity contribution is -0.132. The molecule has 6 heteroatoms. The van der Waals surface area contributed by atoms with Gasteiger partial charge in [0.05, 0.1) is 0 Å². The summed E-state index contributed by atoms with van der Waals surface area (Å²) in [5, 5.41) is 20.5. The van der Waals surface area contributed by atoms with Gasteiger partial charge in [-0.2, -0.15) is 5.26 Å². The third kappa shape index (κ3) is 2.87. The minimum absolute atomic E-state index is 0.350. The highest BCUT2D eigenvalue weighted by molar-refractivity contribution is 5.96. The first-order valence-corrected chi connectivity index (χ1v) is 4.17. The molecule has 0 saturated carbocycles. The van der Waals surface area contributed by atoms with E-state index in [0.717, 1.165) is 0 Å². The van der Waals surface area contributed by atoms with Crippen molar-refractivity contribution in [2.75, 3.05) is 0 Å². The van der Waals surface area contributed by atoms with Crippen LogP contribution in [0.1, 0.15) is 5.56 Å². The van der Waals surface area contributed by atoms with Crippen molar-refractivity contribution in [2.45, 2.75) is 0 Å². The normalized spacial score (nSPS) is 10.1. The molecule has 0 saturated heterocycles. The monoisotopic (exact) mass is 214 g/mol. The van der Waals surface area contributed by atoms with Crippen LogP contribution >= 0.6 is 0 Å². The van der Waals surface area contributed by atoms with Crippen molar-refractivity contribution >= 4 is 17.7 Å². The summed E-state index contributed by atoms with van der Waals surface area (Å²) in [5.41, 5.74) is 8.80. The van der Waals surface area contributed by atoms with Crippen LogP contribution in [0.15, 0.2) is 35.0 Å². The lowest BCUT2D eigenvalue weighted by Gasteiger charge is -1.95. The summed E-state index contributed by atoms with van der Waals surface area (Å²) in [6, 6.07) is 7.75. The highest BCUT2D eigenvalue weighted by atomic mass is 16.4. The zero-order valence-electron chi connectivity index (χ0n) is 8.03. The molecule has 0 bridgehead atoms. The molecule has 0 aliphatic rings. The van der Waals surface area contributed by atoms with Gasteiger partial charge in [0.2, 0.25) is 0 Å². The molecule has 78 valence electrons. The largest absolute Gasteiger partial charge is 0.477 e. The summed E-state index contributed by atoms with van der Waals surface area (Å²) in [6.45, 7) is 0. The number of rotatable bonds is 3. The number of hydrogen-bond acceptors (Lipinski definition) is 3. The number of benzene rings is 1. The number of carboxylic acids is 1. The van der Waals surface area contributed by atoms with E-state index in [1.807, 2.05) is 0 Å². The second kappa shape index (κ2) is 5.20. The molecule has 0 amide bonds. The van der Waals surface area contributed by atoms with Gasteiger partial charge in [0.1, 0.15) is 11.6 Å². The number of aliphatic carboxylic acids is 1. The first kappa shape index (κ1) is 11.3. The topological polar surface area (TPSA) is 110 Å². The summed E-state index contributed by atoms with van der Waals surface area (Å²) in [5.74, 6) is -1.28. The minimum Gasteiger partial charge on any atom is -0.477 e. The van der Waals surface area contributed by atoms with Crippen LogP contribution in [0.25, 0.3) is 16.5 Å². The molecule has 0 radical (unpaired) electrons. The van der Waals surface area contributed by atoms with E-state index in [2.05, 4.69) is 10.0 Å². The number of carbonyl (C=O) groups is 1. The van der Waals surface area contributed by atoms with Crippen molar-refractivity contribution in [3.05, 3.63) is 45.8 Å². The van der Waals surface area contributed by atoms with E-state index in [1.54, 1.807) is 18.2 Å². The molecular weight excluding hydrogens is 208 g/mol. The van der Waals surface area contributed by atoms with E-state index < -0.39 is 5.97 Å². The molecule has 0 unspecified atom stereocenters. The number of nitrogens with zero attached hydrogens (tertiary/aromatic N) is 4. The lowest BCUT2D eigenvalue weighted by Crippen LogP contribution is -1.97. The fourth-order valence-corrected chi connectivity index (χ4v) is 0.997. The zero-order chi connectivity index (χ0) is 12.0. The predicted octanol–water partition coefficient (Wildman–Crippen LogP) is 2.62. The van der Waals surface area contributed by atoms with Gasteiger partial charge in [0.15, 0.2) is 0 Å². The Morgan fingerprint density at radius 3 is 2.56 bits per heavy atom. The average molecular weight is 214 g/mol. The molecule has 1 aromatic rings. The van der Waals surface area contributed by atoms with Crippen LogP contribution in [0.4, 0.5) is 5.69 Å². The molecule has 0 heterocycles. The highest BCUT2D eigenvalue weighted by Gasteiger charge is 2.04. The SMILES string of the molecule is N#C/C(=C\c1ccc(N=[N+]=[N-])cc1)C(=O)O. The van der Waals surface area contributed by atoms with Crippen LogP contribution in [0.3, 0.4) is 0 Å². The third-order valence-electron chi connectivity index (χ3n) is 1.72. The maximum atomic E-state index is 10.5. The standard InChI is InChI=1S/C10H6N4O2/c11-6-8(10(15)16)5-7-1-3-9(4-2-7)13-14-12/h1-5H,(H,15,16)/b8-5+. The first-order valence-electron chi connectivity index (χ1n) is 4.17. The second-order valence-corrected chi connectivity index (χ2v) is 2.76. The van der Waals surface area contributed by atoms with Crippen LogP contribution in [0.2, 0.25) is 0 Å². The maximum absolute atomic E-state index is 10.5. The number of azide groups is 1. The van der Waals surface area contributed by atoms with Gasteiger partial charge in [0.25, 0.3) is 0 Å². The molecule has 16 heavy (non-hydrogen) atoms. The number of nitriles is 1. The molecule has 0 atom stereocenters. The van der Waals surface area contributed by atoms with Gasteiger partial charge >= 0.3 is 5.97 Å². The van der Waals surface area contributed by atoms with Crippen molar-refractivity contribution < 1.29 is 9.90 Å². The van der Waals surface area contributed by atoms with E-state index in [-0.39, 0.29) is 5.57 Å². The van der Waals surface area contributed by atoms with Crippen molar-refractivity contribution in [1.82, 2.24) is 0 Å². The molecule has 1 aromatic carbocycles. The van der Waals surface area contributed by atoms with Gasteiger partial charge in [0, 0.05) is 10.6 Å². The molecule has 0 spiro atoms. The van der Waals surface area contributed by atoms with Crippen molar-refractivity contribution in [1.29, 1.82) is 5.26 Å². The Labute approximate surface area is 90.7 Å². The fourth-order valence-electron chi connectivity index (χ4n) is 0.997. The number of carboxylic acid groups (broad SMARTS) is 1. The van der Waals surface area contributed by atoms with E-state index in [0.29, 0.717) is 11.3 Å². The van der Waals surface area contributed by atoms with Gasteiger partial charge in [-0.3, -0.25) is 0 Å². The molecule has 0 aliphatic heterocycles. The van der Waals surface area contributed by atoms with Crippen molar-refractivity contribution in [2.24, 2.45) is 5.11 Å². The smallest absolute Gasteiger partial charge is 0.346 e. The van der Waals surface area contributed by atoms with Crippen LogP contribution < -0.4 is 0 Å². The van der Waals surface area contributed by atoms with E-state index in [9.17, 15) is 4.79 Å². The molecule has 1 rings (SSSR count). The van der Waals surface area contributed by atoms with Crippen molar-refractivity contribution in [3.63, 3.8) is 0 Å². The fraction of sp³-hybridized carbons (Fsp3) is 0. The van der Waals surface area contributed by atoms with Crippen LogP contribution in [-0.4, -0.2) is 11.1 Å². The summed E-state index contributed by atoms with van der Waals surface area (Å²) in [7, 11) is 0. The van der Waals surface area contributed by atoms with Crippen LogP contribution in [0, 0.1) is 11.3 Å². The number of hydrogen-bond donors (Lipinski definition) is 1. The van der Waals surface area contributed by atoms with Gasteiger partial charge < -0.3 is 5.11 Å². The summed E-state index contributed by atoms with van der Waals surface area (Å²) in [4.78, 5) is 13.2. The summed E-state index contributed by atoms with van der Waals surface area (Å²) < 4.78 is 0. The molecule has 1 N–H and O–H groups in total. The zero-order valence-corrected chi connectivity index (χ0v) is 8.03. The van der Waals surface area contributed by atoms with Gasteiger partial charge in [-0.1, -0.05) is 29.4 Å². The van der Waals surface area contributed by atoms with Gasteiger partial charge in [-0.05, 0) is 17.2 Å². The Balaban J connectivity index is 3.04. The highest BCUT2D eigenvalue weighted by Crippen LogP contribution is 2.15. The second-order valence-electron chi connectivity index (χ2n) is 2.76. The average Bonchev–Trinajstić information content (AvgIpc) is 2.28. The molecule has 0 aromatic heterocycles. The van der Waals surface area contributed by atoms with E-state index in [1.165, 1.54) is 18.2 Å². The lowest BCUT2D eigenvalue weighted by atomic mass is 10.1. The minimum atomic E-state index is -1.28. The molecule has 6 nitrogen and oxygen atoms in total. The first-order chi connectivity index (χ1) is 7.67. The Kier molecular flexibility index (Phi) is 3.67. The van der Waals surface area contributed by atoms with Crippen molar-refractivity contribution in [3.8, 4) is 6.07 Å². The van der Waals surface area contributed by atoms with Gasteiger partial charge in [-0.25, -0.2) is 4.79 Å². The molecule has 0 aliphatic carbocycles. The van der Waals surface area contributed by atoms with E-state index in [4.69, 9.17) is 15.9 Å². The van der Waals surface area contributed by atoms with E-state index >= 15 is 0 Å². The van der Waals surface area contributed by atoms with Gasteiger partial charge in [-0.15, -0.1) is 0 Å². The molecular formula is C10H6N4O2. The summed E-state index contributed by atoms with van der Waals surface area (Å²) >= 11 is 0. The predicted molar refractivity (Wildman–Crippen MR) is 56.5 cm³/mol. The Hall–Kier alpha value is -2.77. The van der Waals surface area contributed by atoms with Crippen LogP contribution in [-0.2, 0) is 4.79 Å². The maximum Gasteiger partial charge on any atom is 0.346 e. The Morgan fingerprint density at radius 2 is 2.12 bits per heavy atom.